The molecule has 1 aliphatic carbocycles. The van der Waals surface area contributed by atoms with Gasteiger partial charge in [-0.15, -0.1) is 11.3 Å². The Morgan fingerprint density at radius 2 is 1.72 bits per heavy atom. The van der Waals surface area contributed by atoms with Gasteiger partial charge >= 0.3 is 6.03 Å². The van der Waals surface area contributed by atoms with Crippen LogP contribution in [0.3, 0.4) is 0 Å². The minimum Gasteiger partial charge on any atom is -0.497 e. The van der Waals surface area contributed by atoms with Gasteiger partial charge in [0.15, 0.2) is 0 Å². The zero-order valence-corrected chi connectivity index (χ0v) is 21.3. The topological polar surface area (TPSA) is 55.7 Å². The van der Waals surface area contributed by atoms with Crippen molar-refractivity contribution in [1.82, 2.24) is 9.47 Å². The number of ether oxygens (including phenoxy) is 2. The van der Waals surface area contributed by atoms with Crippen molar-refractivity contribution in [3.8, 4) is 16.5 Å². The summed E-state index contributed by atoms with van der Waals surface area (Å²) in [6.45, 7) is 0.542. The number of nitrogens with zero attached hydrogens (tertiary/aromatic N) is 2. The minimum absolute atomic E-state index is 0.146. The lowest BCUT2D eigenvalue weighted by molar-refractivity contribution is 0.194. The summed E-state index contributed by atoms with van der Waals surface area (Å²) in [7, 11) is 3.30. The number of urea groups is 1. The molecule has 6 rings (SSSR count). The summed E-state index contributed by atoms with van der Waals surface area (Å²) in [5.41, 5.74) is 5.50. The first-order chi connectivity index (χ1) is 17.7. The van der Waals surface area contributed by atoms with Crippen molar-refractivity contribution in [2.45, 2.75) is 38.3 Å². The van der Waals surface area contributed by atoms with Gasteiger partial charge in [0.05, 0.1) is 32.5 Å². The zero-order chi connectivity index (χ0) is 24.6. The highest BCUT2D eigenvalue weighted by Gasteiger charge is 2.36. The molecule has 0 spiro atoms. The number of rotatable bonds is 4. The number of nitrogens with one attached hydrogen (secondary N) is 1. The molecule has 4 aromatic rings. The normalized spacial score (nSPS) is 16.4. The molecule has 0 unspecified atom stereocenters. The molecule has 1 N–H and O–H groups in total. The number of fused-ring (bicyclic) bond motifs is 5. The largest absolute Gasteiger partial charge is 0.497 e. The average molecular weight is 500 g/mol. The lowest BCUT2D eigenvalue weighted by atomic mass is 9.95. The average Bonchev–Trinajstić information content (AvgIpc) is 3.50. The van der Waals surface area contributed by atoms with Gasteiger partial charge in [-0.2, -0.15) is 0 Å². The first-order valence-electron chi connectivity index (χ1n) is 12.3. The van der Waals surface area contributed by atoms with Crippen LogP contribution in [0.25, 0.3) is 5.00 Å². The van der Waals surface area contributed by atoms with Gasteiger partial charge in [0.2, 0.25) is 0 Å². The van der Waals surface area contributed by atoms with Crippen molar-refractivity contribution in [2.75, 3.05) is 19.5 Å². The Bertz CT molecular complexity index is 1420. The maximum absolute atomic E-state index is 14.0. The Morgan fingerprint density at radius 3 is 2.56 bits per heavy atom. The summed E-state index contributed by atoms with van der Waals surface area (Å²) in [4.78, 5) is 17.5. The quantitative estimate of drug-likeness (QED) is 0.345. The van der Waals surface area contributed by atoms with Gasteiger partial charge in [0.1, 0.15) is 16.5 Å². The predicted molar refractivity (Wildman–Crippen MR) is 143 cm³/mol. The van der Waals surface area contributed by atoms with E-state index in [4.69, 9.17) is 9.47 Å². The first-order valence-corrected chi connectivity index (χ1v) is 13.1. The van der Waals surface area contributed by atoms with Crippen LogP contribution in [-0.4, -0.2) is 29.7 Å². The van der Waals surface area contributed by atoms with E-state index in [0.29, 0.717) is 18.0 Å². The van der Waals surface area contributed by atoms with Crippen LogP contribution >= 0.6 is 11.3 Å². The third-order valence-corrected chi connectivity index (χ3v) is 8.50. The van der Waals surface area contributed by atoms with E-state index in [-0.39, 0.29) is 12.1 Å². The number of amides is 2. The Labute approximate surface area is 215 Å². The number of hydrogen-bond donors (Lipinski definition) is 1. The fraction of sp³-hybridized carbons (Fsp3) is 0.276. The molecule has 1 aliphatic heterocycles. The van der Waals surface area contributed by atoms with Crippen molar-refractivity contribution < 1.29 is 14.3 Å². The van der Waals surface area contributed by atoms with Crippen LogP contribution in [0.4, 0.5) is 10.5 Å². The Morgan fingerprint density at radius 1 is 0.944 bits per heavy atom. The number of aryl methyl sites for hydroxylation is 1. The highest BCUT2D eigenvalue weighted by molar-refractivity contribution is 7.15. The monoisotopic (exact) mass is 499 g/mol. The van der Waals surface area contributed by atoms with Gasteiger partial charge in [0.25, 0.3) is 0 Å². The van der Waals surface area contributed by atoms with Gasteiger partial charge in [-0.05, 0) is 73.2 Å². The molecule has 3 heterocycles. The summed E-state index contributed by atoms with van der Waals surface area (Å²) in [5.74, 6) is 1.48. The predicted octanol–water partition coefficient (Wildman–Crippen LogP) is 6.57. The molecule has 2 amide bonds. The van der Waals surface area contributed by atoms with Gasteiger partial charge in [0, 0.05) is 28.4 Å². The van der Waals surface area contributed by atoms with Gasteiger partial charge in [-0.3, -0.25) is 0 Å². The molecule has 2 aromatic carbocycles. The zero-order valence-electron chi connectivity index (χ0n) is 20.5. The highest BCUT2D eigenvalue weighted by Crippen LogP contribution is 2.44. The van der Waals surface area contributed by atoms with Crippen LogP contribution in [0, 0.1) is 0 Å². The van der Waals surface area contributed by atoms with Crippen molar-refractivity contribution in [1.29, 1.82) is 0 Å². The molecule has 2 aliphatic rings. The van der Waals surface area contributed by atoms with E-state index in [1.165, 1.54) is 33.8 Å². The van der Waals surface area contributed by atoms with Crippen molar-refractivity contribution >= 4 is 23.1 Å². The van der Waals surface area contributed by atoms with Crippen LogP contribution in [-0.2, 0) is 19.4 Å². The highest BCUT2D eigenvalue weighted by atomic mass is 32.1. The van der Waals surface area contributed by atoms with Gasteiger partial charge < -0.3 is 24.3 Å². The molecule has 0 saturated carbocycles. The summed E-state index contributed by atoms with van der Waals surface area (Å²) in [6.07, 6.45) is 6.76. The Kier molecular flexibility index (Phi) is 5.93. The molecule has 0 saturated heterocycles. The molecule has 6 nitrogen and oxygen atoms in total. The van der Waals surface area contributed by atoms with E-state index < -0.39 is 0 Å². The fourth-order valence-electron chi connectivity index (χ4n) is 5.45. The number of carbonyl (C=O) groups excluding carboxylic acids is 1. The molecule has 0 bridgehead atoms. The standard InChI is InChI=1S/C29H29N3O3S/c1-34-21-10-5-8-19(16-21)27-25-13-7-15-31(25)28-24(23-12-3-4-14-26(23)36-28)18-32(27)29(33)30-20-9-6-11-22(17-20)35-2/h5-11,13,15-17,27H,3-4,12,14,18H2,1-2H3,(H,30,33)/t27-/m0/s1. The maximum atomic E-state index is 14.0. The van der Waals surface area contributed by atoms with E-state index in [0.717, 1.165) is 29.8 Å². The second-order valence-electron chi connectivity index (χ2n) is 9.27. The second-order valence-corrected chi connectivity index (χ2v) is 10.4. The molecule has 1 atom stereocenters. The molecule has 7 heteroatoms. The SMILES string of the molecule is COc1cccc(NC(=O)N2Cc3c(sc4c3CCCC4)-n3cccc3[C@@H]2c2cccc(OC)c2)c1. The van der Waals surface area contributed by atoms with Crippen LogP contribution in [0.5, 0.6) is 11.5 Å². The minimum atomic E-state index is -0.278. The molecule has 36 heavy (non-hydrogen) atoms. The Balaban J connectivity index is 1.49. The smallest absolute Gasteiger partial charge is 0.322 e. The number of benzene rings is 2. The van der Waals surface area contributed by atoms with Crippen molar-refractivity contribution in [2.24, 2.45) is 0 Å². The fourth-order valence-corrected chi connectivity index (χ4v) is 6.85. The third kappa shape index (κ3) is 3.93. The van der Waals surface area contributed by atoms with Gasteiger partial charge in [-0.25, -0.2) is 4.79 Å². The number of aromatic nitrogens is 1. The number of thiophene rings is 1. The van der Waals surface area contributed by atoms with E-state index >= 15 is 0 Å². The lowest BCUT2D eigenvalue weighted by Crippen LogP contribution is -2.38. The number of carbonyl (C=O) groups is 1. The summed E-state index contributed by atoms with van der Waals surface area (Å²) in [6, 6.07) is 19.3. The Hall–Kier alpha value is -3.71. The van der Waals surface area contributed by atoms with Crippen LogP contribution in [0.15, 0.2) is 66.9 Å². The molecule has 0 radical (unpaired) electrons. The molecular weight excluding hydrogens is 470 g/mol. The summed E-state index contributed by atoms with van der Waals surface area (Å²) < 4.78 is 13.2. The lowest BCUT2D eigenvalue weighted by Gasteiger charge is -2.31. The number of hydrogen-bond acceptors (Lipinski definition) is 4. The van der Waals surface area contributed by atoms with E-state index in [9.17, 15) is 4.79 Å². The van der Waals surface area contributed by atoms with Gasteiger partial charge in [-0.1, -0.05) is 18.2 Å². The molecular formula is C29H29N3O3S. The molecule has 0 fully saturated rings. The van der Waals surface area contributed by atoms with Crippen LogP contribution < -0.4 is 14.8 Å². The van der Waals surface area contributed by atoms with Crippen LogP contribution in [0.2, 0.25) is 0 Å². The number of methoxy groups -OCH3 is 2. The summed E-state index contributed by atoms with van der Waals surface area (Å²) in [5, 5.41) is 4.38. The van der Waals surface area contributed by atoms with E-state index in [1.54, 1.807) is 14.2 Å². The van der Waals surface area contributed by atoms with E-state index in [2.05, 4.69) is 34.3 Å². The maximum Gasteiger partial charge on any atom is 0.322 e. The second kappa shape index (κ2) is 9.39. The molecule has 2 aromatic heterocycles. The first kappa shape index (κ1) is 22.7. The number of anilines is 1. The summed E-state index contributed by atoms with van der Waals surface area (Å²) >= 11 is 1.89. The van der Waals surface area contributed by atoms with Crippen molar-refractivity contribution in [3.05, 3.63) is 94.1 Å². The van der Waals surface area contributed by atoms with E-state index in [1.807, 2.05) is 58.7 Å². The van der Waals surface area contributed by atoms with Crippen molar-refractivity contribution in [3.63, 3.8) is 0 Å². The third-order valence-electron chi connectivity index (χ3n) is 7.17. The molecule has 184 valence electrons. The van der Waals surface area contributed by atoms with Crippen LogP contribution in [0.1, 0.15) is 46.1 Å².